The second-order valence-corrected chi connectivity index (χ2v) is 3.78. The van der Waals surface area contributed by atoms with Gasteiger partial charge in [-0.25, -0.2) is 4.39 Å². The Morgan fingerprint density at radius 3 is 2.89 bits per heavy atom. The lowest BCUT2D eigenvalue weighted by Gasteiger charge is -2.06. The first kappa shape index (κ1) is 12.3. The number of aliphatic hydroxyl groups is 1. The smallest absolute Gasteiger partial charge is 0.254 e. The maximum absolute atomic E-state index is 13.1. The van der Waals surface area contributed by atoms with Crippen LogP contribution in [-0.2, 0) is 13.2 Å². The van der Waals surface area contributed by atoms with E-state index in [0.29, 0.717) is 5.56 Å². The minimum atomic E-state index is -0.456. The Kier molecular flexibility index (Phi) is 3.74. The average Bonchev–Trinajstić information content (AvgIpc) is 2.91. The Morgan fingerprint density at radius 1 is 1.39 bits per heavy atom. The molecule has 2 rings (SSSR count). The number of benzene rings is 1. The van der Waals surface area contributed by atoms with E-state index in [9.17, 15) is 9.18 Å². The number of amides is 1. The van der Waals surface area contributed by atoms with Crippen molar-refractivity contribution in [2.45, 2.75) is 13.2 Å². The summed E-state index contributed by atoms with van der Waals surface area (Å²) in [5, 5.41) is 11.6. The van der Waals surface area contributed by atoms with Gasteiger partial charge in [0.1, 0.15) is 12.1 Å². The summed E-state index contributed by atoms with van der Waals surface area (Å²) in [5.74, 6) is -0.721. The van der Waals surface area contributed by atoms with Crippen LogP contribution in [0.25, 0.3) is 0 Å². The number of aliphatic hydroxyl groups excluding tert-OH is 1. The largest absolute Gasteiger partial charge is 0.472 e. The molecule has 0 fully saturated rings. The number of rotatable bonds is 4. The van der Waals surface area contributed by atoms with E-state index in [0.717, 1.165) is 5.56 Å². The Morgan fingerprint density at radius 2 is 2.22 bits per heavy atom. The molecule has 1 heterocycles. The standard InChI is InChI=1S/C13H12FNO3/c14-12-2-1-9(5-11(12)7-16)6-15-13(17)10-3-4-18-8-10/h1-5,8,16H,6-7H2,(H,15,17). The summed E-state index contributed by atoms with van der Waals surface area (Å²) in [7, 11) is 0. The first-order chi connectivity index (χ1) is 8.70. The Hall–Kier alpha value is -2.14. The highest BCUT2D eigenvalue weighted by molar-refractivity contribution is 5.93. The van der Waals surface area contributed by atoms with Crippen LogP contribution < -0.4 is 5.32 Å². The van der Waals surface area contributed by atoms with Crippen molar-refractivity contribution in [2.24, 2.45) is 0 Å². The van der Waals surface area contributed by atoms with Crippen LogP contribution in [0.4, 0.5) is 4.39 Å². The third-order valence-corrected chi connectivity index (χ3v) is 2.52. The van der Waals surface area contributed by atoms with Crippen molar-refractivity contribution in [1.82, 2.24) is 5.32 Å². The second kappa shape index (κ2) is 5.46. The van der Waals surface area contributed by atoms with Crippen LogP contribution >= 0.6 is 0 Å². The number of nitrogens with one attached hydrogen (secondary N) is 1. The molecule has 0 spiro atoms. The SMILES string of the molecule is O=C(NCc1ccc(F)c(CO)c1)c1ccoc1. The molecule has 1 aromatic carbocycles. The van der Waals surface area contributed by atoms with Crippen LogP contribution in [0.1, 0.15) is 21.5 Å². The van der Waals surface area contributed by atoms with Gasteiger partial charge in [0.25, 0.3) is 5.91 Å². The van der Waals surface area contributed by atoms with Crippen molar-refractivity contribution >= 4 is 5.91 Å². The molecule has 1 aromatic heterocycles. The zero-order valence-corrected chi connectivity index (χ0v) is 9.52. The van der Waals surface area contributed by atoms with E-state index in [1.54, 1.807) is 12.1 Å². The van der Waals surface area contributed by atoms with Gasteiger partial charge < -0.3 is 14.8 Å². The first-order valence-corrected chi connectivity index (χ1v) is 5.39. The molecule has 2 N–H and O–H groups in total. The molecule has 18 heavy (non-hydrogen) atoms. The molecule has 0 unspecified atom stereocenters. The van der Waals surface area contributed by atoms with Gasteiger partial charge in [0.2, 0.25) is 0 Å². The Balaban J connectivity index is 2.00. The molecule has 0 bridgehead atoms. The van der Waals surface area contributed by atoms with Crippen molar-refractivity contribution in [3.8, 4) is 0 Å². The molecule has 0 saturated carbocycles. The van der Waals surface area contributed by atoms with Crippen LogP contribution in [0.3, 0.4) is 0 Å². The summed E-state index contributed by atoms with van der Waals surface area (Å²) in [4.78, 5) is 11.6. The molecule has 0 atom stereocenters. The maximum atomic E-state index is 13.1. The number of hydrogen-bond donors (Lipinski definition) is 2. The molecule has 0 aliphatic heterocycles. The van der Waals surface area contributed by atoms with Crippen molar-refractivity contribution < 1.29 is 18.7 Å². The number of carbonyl (C=O) groups is 1. The summed E-state index contributed by atoms with van der Waals surface area (Å²) < 4.78 is 17.9. The summed E-state index contributed by atoms with van der Waals surface area (Å²) in [5.41, 5.74) is 1.36. The van der Waals surface area contributed by atoms with E-state index in [1.807, 2.05) is 0 Å². The second-order valence-electron chi connectivity index (χ2n) is 3.78. The van der Waals surface area contributed by atoms with E-state index < -0.39 is 5.82 Å². The highest BCUT2D eigenvalue weighted by Crippen LogP contribution is 2.10. The third-order valence-electron chi connectivity index (χ3n) is 2.52. The topological polar surface area (TPSA) is 62.5 Å². The van der Waals surface area contributed by atoms with E-state index in [-0.39, 0.29) is 24.6 Å². The lowest BCUT2D eigenvalue weighted by Crippen LogP contribution is -2.22. The number of furan rings is 1. The van der Waals surface area contributed by atoms with Gasteiger partial charge in [-0.2, -0.15) is 0 Å². The molecule has 4 nitrogen and oxygen atoms in total. The van der Waals surface area contributed by atoms with Gasteiger partial charge in [-0.05, 0) is 23.8 Å². The highest BCUT2D eigenvalue weighted by atomic mass is 19.1. The zero-order valence-electron chi connectivity index (χ0n) is 9.52. The minimum absolute atomic E-state index is 0.213. The predicted molar refractivity (Wildman–Crippen MR) is 62.2 cm³/mol. The van der Waals surface area contributed by atoms with Crippen molar-refractivity contribution in [3.63, 3.8) is 0 Å². The fourth-order valence-electron chi connectivity index (χ4n) is 1.54. The van der Waals surface area contributed by atoms with Gasteiger partial charge in [0.15, 0.2) is 0 Å². The number of carbonyl (C=O) groups excluding carboxylic acids is 1. The molecule has 94 valence electrons. The van der Waals surface area contributed by atoms with Crippen LogP contribution in [0, 0.1) is 5.82 Å². The zero-order chi connectivity index (χ0) is 13.0. The molecular weight excluding hydrogens is 237 g/mol. The van der Waals surface area contributed by atoms with Crippen molar-refractivity contribution in [3.05, 3.63) is 59.3 Å². The molecule has 1 amide bonds. The third kappa shape index (κ3) is 2.75. The Bertz CT molecular complexity index is 537. The van der Waals surface area contributed by atoms with Crippen LogP contribution in [0.15, 0.2) is 41.2 Å². The van der Waals surface area contributed by atoms with Crippen LogP contribution in [0.5, 0.6) is 0 Å². The predicted octanol–water partition coefficient (Wildman–Crippen LogP) is 1.84. The Labute approximate surface area is 103 Å². The fourth-order valence-corrected chi connectivity index (χ4v) is 1.54. The van der Waals surface area contributed by atoms with Crippen LogP contribution in [-0.4, -0.2) is 11.0 Å². The van der Waals surface area contributed by atoms with E-state index in [1.165, 1.54) is 24.7 Å². The molecule has 5 heteroatoms. The maximum Gasteiger partial charge on any atom is 0.254 e. The van der Waals surface area contributed by atoms with Gasteiger partial charge in [0, 0.05) is 12.1 Å². The fraction of sp³-hybridized carbons (Fsp3) is 0.154. The summed E-state index contributed by atoms with van der Waals surface area (Å²) in [6.07, 6.45) is 2.76. The lowest BCUT2D eigenvalue weighted by atomic mass is 10.1. The van der Waals surface area contributed by atoms with Gasteiger partial charge in [0.05, 0.1) is 18.4 Å². The number of hydrogen-bond acceptors (Lipinski definition) is 3. The van der Waals surface area contributed by atoms with Gasteiger partial charge >= 0.3 is 0 Å². The molecule has 0 saturated heterocycles. The normalized spacial score (nSPS) is 10.3. The van der Waals surface area contributed by atoms with Gasteiger partial charge in [-0.1, -0.05) is 6.07 Å². The summed E-state index contributed by atoms with van der Waals surface area (Å²) in [6.45, 7) is -0.105. The molecular formula is C13H12FNO3. The van der Waals surface area contributed by atoms with Crippen LogP contribution in [0.2, 0.25) is 0 Å². The summed E-state index contributed by atoms with van der Waals surface area (Å²) >= 11 is 0. The monoisotopic (exact) mass is 249 g/mol. The highest BCUT2D eigenvalue weighted by Gasteiger charge is 2.07. The van der Waals surface area contributed by atoms with Gasteiger partial charge in [-0.3, -0.25) is 4.79 Å². The lowest BCUT2D eigenvalue weighted by molar-refractivity contribution is 0.0950. The number of halogens is 1. The van der Waals surface area contributed by atoms with E-state index in [2.05, 4.69) is 5.32 Å². The van der Waals surface area contributed by atoms with Crippen molar-refractivity contribution in [1.29, 1.82) is 0 Å². The quantitative estimate of drug-likeness (QED) is 0.869. The molecule has 0 aliphatic rings. The average molecular weight is 249 g/mol. The van der Waals surface area contributed by atoms with E-state index in [4.69, 9.17) is 9.52 Å². The van der Waals surface area contributed by atoms with Gasteiger partial charge in [-0.15, -0.1) is 0 Å². The first-order valence-electron chi connectivity index (χ1n) is 5.39. The van der Waals surface area contributed by atoms with Crippen molar-refractivity contribution in [2.75, 3.05) is 0 Å². The molecule has 2 aromatic rings. The van der Waals surface area contributed by atoms with E-state index >= 15 is 0 Å². The minimum Gasteiger partial charge on any atom is -0.472 e. The molecule has 0 aliphatic carbocycles. The summed E-state index contributed by atoms with van der Waals surface area (Å²) in [6, 6.07) is 5.90. The molecule has 0 radical (unpaired) electrons.